The van der Waals surface area contributed by atoms with Crippen molar-refractivity contribution < 1.29 is 16.8 Å². The second-order valence-electron chi connectivity index (χ2n) is 5.91. The lowest BCUT2D eigenvalue weighted by Gasteiger charge is -2.38. The van der Waals surface area contributed by atoms with Crippen molar-refractivity contribution >= 4 is 37.0 Å². The normalized spacial score (nSPS) is 43.2. The van der Waals surface area contributed by atoms with Crippen LogP contribution in [0.1, 0.15) is 13.3 Å². The minimum atomic E-state index is -3.06. The maximum atomic E-state index is 11.7. The van der Waals surface area contributed by atoms with Crippen molar-refractivity contribution in [3.05, 3.63) is 0 Å². The Morgan fingerprint density at radius 3 is 2.53 bits per heavy atom. The molecule has 108 valence electrons. The van der Waals surface area contributed by atoms with Gasteiger partial charge in [-0.25, -0.2) is 16.8 Å². The summed E-state index contributed by atoms with van der Waals surface area (Å²) in [6, 6.07) is -0.423. The molecule has 0 aliphatic carbocycles. The van der Waals surface area contributed by atoms with E-state index in [1.807, 2.05) is 11.8 Å². The predicted octanol–water partition coefficient (Wildman–Crippen LogP) is -1.08. The molecule has 3 fully saturated rings. The minimum absolute atomic E-state index is 0.0467. The van der Waals surface area contributed by atoms with E-state index < -0.39 is 25.2 Å². The summed E-state index contributed by atoms with van der Waals surface area (Å²) in [6.07, 6.45) is 0.500. The fourth-order valence-electron chi connectivity index (χ4n) is 3.43. The maximum Gasteiger partial charge on any atom is 0.170 e. The van der Waals surface area contributed by atoms with Crippen LogP contribution in [0.25, 0.3) is 0 Å². The van der Waals surface area contributed by atoms with Crippen molar-refractivity contribution in [2.75, 3.05) is 23.0 Å². The van der Waals surface area contributed by atoms with Gasteiger partial charge in [0.05, 0.1) is 40.6 Å². The monoisotopic (exact) mass is 324 g/mol. The van der Waals surface area contributed by atoms with Gasteiger partial charge in [0.2, 0.25) is 0 Å². The van der Waals surface area contributed by atoms with Crippen LogP contribution in [0.2, 0.25) is 0 Å². The summed E-state index contributed by atoms with van der Waals surface area (Å²) in [6.45, 7) is 1.86. The van der Waals surface area contributed by atoms with Crippen molar-refractivity contribution in [3.8, 4) is 0 Å². The molecule has 0 saturated carbocycles. The third kappa shape index (κ3) is 2.15. The first-order valence-electron chi connectivity index (χ1n) is 6.13. The molecule has 0 unspecified atom stereocenters. The van der Waals surface area contributed by atoms with Gasteiger partial charge in [-0.15, -0.1) is 0 Å². The molecule has 6 nitrogen and oxygen atoms in total. The Labute approximate surface area is 118 Å². The second-order valence-corrected chi connectivity index (χ2v) is 10.6. The zero-order valence-corrected chi connectivity index (χ0v) is 12.9. The van der Waals surface area contributed by atoms with Crippen LogP contribution in [0.4, 0.5) is 0 Å². The highest BCUT2D eigenvalue weighted by Crippen LogP contribution is 2.37. The Bertz CT molecular complexity index is 630. The summed E-state index contributed by atoms with van der Waals surface area (Å²) in [5.41, 5.74) is -0.581. The van der Waals surface area contributed by atoms with Crippen molar-refractivity contribution in [1.29, 1.82) is 0 Å². The summed E-state index contributed by atoms with van der Waals surface area (Å²) < 4.78 is 46.9. The first-order valence-corrected chi connectivity index (χ1v) is 10.2. The molecule has 3 aliphatic rings. The van der Waals surface area contributed by atoms with Crippen LogP contribution in [-0.4, -0.2) is 67.5 Å². The molecule has 0 bridgehead atoms. The number of sulfone groups is 2. The Kier molecular flexibility index (Phi) is 2.73. The van der Waals surface area contributed by atoms with Crippen LogP contribution in [0, 0.1) is 0 Å². The molecule has 3 aliphatic heterocycles. The zero-order chi connectivity index (χ0) is 14.1. The van der Waals surface area contributed by atoms with E-state index in [4.69, 9.17) is 12.2 Å². The minimum Gasteiger partial charge on any atom is -0.357 e. The summed E-state index contributed by atoms with van der Waals surface area (Å²) in [4.78, 5) is 1.84. The third-order valence-electron chi connectivity index (χ3n) is 4.25. The molecule has 0 aromatic heterocycles. The average Bonchev–Trinajstić information content (AvgIpc) is 2.74. The van der Waals surface area contributed by atoms with E-state index in [2.05, 4.69) is 5.32 Å². The molecule has 0 spiro atoms. The van der Waals surface area contributed by atoms with E-state index in [0.717, 1.165) is 0 Å². The first-order chi connectivity index (χ1) is 8.62. The Morgan fingerprint density at radius 2 is 1.95 bits per heavy atom. The van der Waals surface area contributed by atoms with Gasteiger partial charge in [-0.2, -0.15) is 0 Å². The Balaban J connectivity index is 1.95. The molecule has 9 heteroatoms. The van der Waals surface area contributed by atoms with Gasteiger partial charge in [-0.3, -0.25) is 0 Å². The number of nitrogens with one attached hydrogen (secondary N) is 1. The van der Waals surface area contributed by atoms with Crippen LogP contribution in [0.3, 0.4) is 0 Å². The van der Waals surface area contributed by atoms with Gasteiger partial charge in [0, 0.05) is 0 Å². The van der Waals surface area contributed by atoms with Crippen molar-refractivity contribution in [2.45, 2.75) is 31.0 Å². The fourth-order valence-corrected chi connectivity index (χ4v) is 7.95. The second kappa shape index (κ2) is 3.82. The molecule has 1 N–H and O–H groups in total. The van der Waals surface area contributed by atoms with E-state index in [0.29, 0.717) is 11.5 Å². The lowest BCUT2D eigenvalue weighted by atomic mass is 9.97. The van der Waals surface area contributed by atoms with Crippen molar-refractivity contribution in [3.63, 3.8) is 0 Å². The number of thiocarbonyl (C=S) groups is 1. The smallest absolute Gasteiger partial charge is 0.170 e. The number of hydrogen-bond donors (Lipinski definition) is 1. The van der Waals surface area contributed by atoms with Crippen molar-refractivity contribution in [2.24, 2.45) is 0 Å². The zero-order valence-electron chi connectivity index (χ0n) is 10.5. The van der Waals surface area contributed by atoms with Crippen LogP contribution in [0.15, 0.2) is 0 Å². The number of nitrogens with zero attached hydrogens (tertiary/aromatic N) is 1. The lowest BCUT2D eigenvalue weighted by Crippen LogP contribution is -2.53. The van der Waals surface area contributed by atoms with E-state index in [1.165, 1.54) is 0 Å². The van der Waals surface area contributed by atoms with Crippen LogP contribution in [0.5, 0.6) is 0 Å². The number of rotatable bonds is 1. The van der Waals surface area contributed by atoms with Gasteiger partial charge in [0.15, 0.2) is 24.8 Å². The molecule has 3 saturated heterocycles. The molecule has 0 aromatic carbocycles. The topological polar surface area (TPSA) is 83.6 Å². The molecule has 3 rings (SSSR count). The molecular weight excluding hydrogens is 308 g/mol. The lowest BCUT2D eigenvalue weighted by molar-refractivity contribution is 0.191. The molecule has 0 aromatic rings. The Morgan fingerprint density at radius 1 is 1.26 bits per heavy atom. The highest BCUT2D eigenvalue weighted by molar-refractivity contribution is 7.92. The van der Waals surface area contributed by atoms with Gasteiger partial charge in [0.25, 0.3) is 0 Å². The highest BCUT2D eigenvalue weighted by Gasteiger charge is 2.55. The van der Waals surface area contributed by atoms with Crippen LogP contribution < -0.4 is 5.32 Å². The van der Waals surface area contributed by atoms with E-state index in [-0.39, 0.29) is 35.1 Å². The van der Waals surface area contributed by atoms with E-state index in [9.17, 15) is 16.8 Å². The first kappa shape index (κ1) is 13.6. The average molecular weight is 324 g/mol. The maximum absolute atomic E-state index is 11.7. The summed E-state index contributed by atoms with van der Waals surface area (Å²) in [7, 11) is -6.11. The SMILES string of the molecule is C[C@]1(N2C(=S)N[C@@H]3CS(=O)(=O)C[C@H]32)CCS(=O)(=O)C1. The number of fused-ring (bicyclic) bond motifs is 1. The Hall–Kier alpha value is -0.410. The molecule has 0 radical (unpaired) electrons. The van der Waals surface area contributed by atoms with Gasteiger partial charge in [0.1, 0.15) is 0 Å². The van der Waals surface area contributed by atoms with Crippen LogP contribution >= 0.6 is 12.2 Å². The largest absolute Gasteiger partial charge is 0.357 e. The van der Waals surface area contributed by atoms with Crippen molar-refractivity contribution in [1.82, 2.24) is 10.2 Å². The molecular formula is C10H16N2O4S3. The van der Waals surface area contributed by atoms with Gasteiger partial charge >= 0.3 is 0 Å². The fraction of sp³-hybridized carbons (Fsp3) is 0.900. The number of hydrogen-bond acceptors (Lipinski definition) is 5. The highest BCUT2D eigenvalue weighted by atomic mass is 32.2. The standard InChI is InChI=1S/C10H16N2O4S3/c1-10(2-3-18(13,14)6-10)12-8-5-19(15,16)4-7(8)11-9(12)17/h7-8H,2-6H2,1H3,(H,11,17)/t7-,8-,10+/m1/s1. The van der Waals surface area contributed by atoms with Gasteiger partial charge in [-0.1, -0.05) is 0 Å². The summed E-state index contributed by atoms with van der Waals surface area (Å²) in [5.74, 6) is 0.329. The third-order valence-corrected chi connectivity index (χ3v) is 8.16. The molecule has 3 atom stereocenters. The molecule has 0 amide bonds. The van der Waals surface area contributed by atoms with Gasteiger partial charge in [-0.05, 0) is 25.6 Å². The molecule has 19 heavy (non-hydrogen) atoms. The van der Waals surface area contributed by atoms with Gasteiger partial charge < -0.3 is 10.2 Å². The summed E-state index contributed by atoms with van der Waals surface area (Å²) >= 11 is 5.28. The van der Waals surface area contributed by atoms with Crippen LogP contribution in [-0.2, 0) is 19.7 Å². The van der Waals surface area contributed by atoms with E-state index >= 15 is 0 Å². The quantitative estimate of drug-likeness (QED) is 0.614. The molecule has 3 heterocycles. The summed E-state index contributed by atoms with van der Waals surface area (Å²) in [5, 5.41) is 3.52. The van der Waals surface area contributed by atoms with E-state index in [1.54, 1.807) is 0 Å². The predicted molar refractivity (Wildman–Crippen MR) is 75.5 cm³/mol.